The Hall–Kier alpha value is -1.86. The summed E-state index contributed by atoms with van der Waals surface area (Å²) in [6, 6.07) is 9.02. The van der Waals surface area contributed by atoms with Crippen molar-refractivity contribution >= 4 is 5.78 Å². The topological polar surface area (TPSA) is 59.3 Å². The second kappa shape index (κ2) is 6.66. The third-order valence-electron chi connectivity index (χ3n) is 2.43. The molecule has 1 rings (SSSR count). The van der Waals surface area contributed by atoms with E-state index in [-0.39, 0.29) is 12.2 Å². The predicted octanol–water partition coefficient (Wildman–Crippen LogP) is 1.91. The molecule has 0 aliphatic rings. The van der Waals surface area contributed by atoms with Gasteiger partial charge in [-0.2, -0.15) is 5.26 Å². The van der Waals surface area contributed by atoms with Gasteiger partial charge < -0.3 is 9.47 Å². The van der Waals surface area contributed by atoms with Gasteiger partial charge in [0.25, 0.3) is 0 Å². The molecule has 0 amide bonds. The van der Waals surface area contributed by atoms with Crippen molar-refractivity contribution < 1.29 is 14.3 Å². The maximum absolute atomic E-state index is 11.8. The highest BCUT2D eigenvalue weighted by atomic mass is 16.5. The van der Waals surface area contributed by atoms with E-state index in [1.54, 1.807) is 31.4 Å². The number of carbonyl (C=O) groups is 1. The zero-order valence-electron chi connectivity index (χ0n) is 9.97. The molecule has 1 unspecified atom stereocenters. The van der Waals surface area contributed by atoms with Crippen LogP contribution < -0.4 is 4.74 Å². The number of benzene rings is 1. The van der Waals surface area contributed by atoms with Gasteiger partial charge in [-0.25, -0.2) is 0 Å². The van der Waals surface area contributed by atoms with E-state index >= 15 is 0 Å². The highest BCUT2D eigenvalue weighted by molar-refractivity contribution is 5.88. The van der Waals surface area contributed by atoms with Crippen LogP contribution in [0.5, 0.6) is 5.75 Å². The predicted molar refractivity (Wildman–Crippen MR) is 62.8 cm³/mol. The Balaban J connectivity index is 2.86. The molecule has 0 N–H and O–H groups in total. The summed E-state index contributed by atoms with van der Waals surface area (Å²) in [7, 11) is 3.08. The molecule has 0 aromatic heterocycles. The molecular formula is C13H15NO3. The Morgan fingerprint density at radius 3 is 2.82 bits per heavy atom. The molecule has 0 bridgehead atoms. The molecule has 1 atom stereocenters. The lowest BCUT2D eigenvalue weighted by Gasteiger charge is -2.09. The van der Waals surface area contributed by atoms with Crippen LogP contribution in [0.1, 0.15) is 17.9 Å². The van der Waals surface area contributed by atoms with Gasteiger partial charge in [0.1, 0.15) is 11.7 Å². The lowest BCUT2D eigenvalue weighted by molar-refractivity contribution is -0.120. The van der Waals surface area contributed by atoms with Crippen molar-refractivity contribution in [2.24, 2.45) is 0 Å². The Kier molecular flexibility index (Phi) is 5.18. The van der Waals surface area contributed by atoms with Crippen LogP contribution in [0.15, 0.2) is 24.3 Å². The first kappa shape index (κ1) is 13.2. The minimum Gasteiger partial charge on any atom is -0.497 e. The van der Waals surface area contributed by atoms with Gasteiger partial charge in [0, 0.05) is 13.5 Å². The number of nitriles is 1. The zero-order chi connectivity index (χ0) is 12.7. The van der Waals surface area contributed by atoms with E-state index in [1.807, 2.05) is 6.07 Å². The molecule has 1 aromatic rings. The summed E-state index contributed by atoms with van der Waals surface area (Å²) >= 11 is 0. The summed E-state index contributed by atoms with van der Waals surface area (Å²) in [5.74, 6) is -0.245. The van der Waals surface area contributed by atoms with Crippen LogP contribution in [-0.2, 0) is 9.53 Å². The Morgan fingerprint density at radius 2 is 2.24 bits per heavy atom. The fourth-order valence-electron chi connectivity index (χ4n) is 1.50. The number of carbonyl (C=O) groups excluding carboxylic acids is 1. The van der Waals surface area contributed by atoms with Crippen molar-refractivity contribution in [2.45, 2.75) is 12.3 Å². The van der Waals surface area contributed by atoms with E-state index in [0.717, 1.165) is 0 Å². The van der Waals surface area contributed by atoms with Gasteiger partial charge in [0.15, 0.2) is 5.78 Å². The van der Waals surface area contributed by atoms with Crippen molar-refractivity contribution in [3.8, 4) is 11.8 Å². The largest absolute Gasteiger partial charge is 0.497 e. The third-order valence-corrected chi connectivity index (χ3v) is 2.43. The second-order valence-corrected chi connectivity index (χ2v) is 3.55. The number of ketones is 1. The molecule has 0 saturated carbocycles. The van der Waals surface area contributed by atoms with E-state index in [4.69, 9.17) is 14.7 Å². The van der Waals surface area contributed by atoms with Crippen LogP contribution in [0.3, 0.4) is 0 Å². The summed E-state index contributed by atoms with van der Waals surface area (Å²) in [6.45, 7) is 0.334. The summed E-state index contributed by atoms with van der Waals surface area (Å²) in [5, 5.41) is 9.06. The number of hydrogen-bond acceptors (Lipinski definition) is 4. The van der Waals surface area contributed by atoms with E-state index in [2.05, 4.69) is 0 Å². The smallest absolute Gasteiger partial charge is 0.156 e. The fraction of sp³-hybridized carbons (Fsp3) is 0.385. The molecule has 90 valence electrons. The standard InChI is InChI=1S/C13H15NO3/c1-16-7-6-13(15)12(9-14)10-4-3-5-11(8-10)17-2/h3-5,8,12H,6-7H2,1-2H3. The van der Waals surface area contributed by atoms with Gasteiger partial charge in [0.2, 0.25) is 0 Å². The van der Waals surface area contributed by atoms with Gasteiger partial charge >= 0.3 is 0 Å². The Labute approximate surface area is 101 Å². The first-order valence-electron chi connectivity index (χ1n) is 5.28. The molecule has 0 saturated heterocycles. The van der Waals surface area contributed by atoms with Crippen LogP contribution in [0.25, 0.3) is 0 Å². The van der Waals surface area contributed by atoms with Crippen molar-refractivity contribution in [2.75, 3.05) is 20.8 Å². The Morgan fingerprint density at radius 1 is 1.47 bits per heavy atom. The van der Waals surface area contributed by atoms with Crippen LogP contribution in [0.2, 0.25) is 0 Å². The van der Waals surface area contributed by atoms with Gasteiger partial charge in [-0.15, -0.1) is 0 Å². The van der Waals surface area contributed by atoms with E-state index in [0.29, 0.717) is 17.9 Å². The molecule has 1 aromatic carbocycles. The number of hydrogen-bond donors (Lipinski definition) is 0. The maximum Gasteiger partial charge on any atom is 0.156 e. The minimum absolute atomic E-state index is 0.136. The highest BCUT2D eigenvalue weighted by Crippen LogP contribution is 2.22. The van der Waals surface area contributed by atoms with Crippen molar-refractivity contribution in [3.05, 3.63) is 29.8 Å². The monoisotopic (exact) mass is 233 g/mol. The first-order valence-corrected chi connectivity index (χ1v) is 5.28. The fourth-order valence-corrected chi connectivity index (χ4v) is 1.50. The lowest BCUT2D eigenvalue weighted by atomic mass is 9.94. The molecule has 0 heterocycles. The molecule has 0 aliphatic heterocycles. The maximum atomic E-state index is 11.8. The number of rotatable bonds is 6. The molecule has 0 spiro atoms. The number of Topliss-reactive ketones (excluding diaryl/α,β-unsaturated/α-hetero) is 1. The molecule has 17 heavy (non-hydrogen) atoms. The molecular weight excluding hydrogens is 218 g/mol. The lowest BCUT2D eigenvalue weighted by Crippen LogP contribution is -2.13. The second-order valence-electron chi connectivity index (χ2n) is 3.55. The van der Waals surface area contributed by atoms with Crippen molar-refractivity contribution in [1.82, 2.24) is 0 Å². The van der Waals surface area contributed by atoms with Gasteiger partial charge in [-0.3, -0.25) is 4.79 Å². The quantitative estimate of drug-likeness (QED) is 0.753. The molecule has 4 nitrogen and oxygen atoms in total. The summed E-state index contributed by atoms with van der Waals surface area (Å²) < 4.78 is 9.90. The Bertz CT molecular complexity index is 423. The normalized spacial score (nSPS) is 11.6. The van der Waals surface area contributed by atoms with Crippen LogP contribution in [0, 0.1) is 11.3 Å². The summed E-state index contributed by atoms with van der Waals surface area (Å²) in [4.78, 5) is 11.8. The minimum atomic E-state index is -0.750. The van der Waals surface area contributed by atoms with E-state index in [1.165, 1.54) is 7.11 Å². The average Bonchev–Trinajstić information content (AvgIpc) is 2.37. The van der Waals surface area contributed by atoms with E-state index in [9.17, 15) is 4.79 Å². The third kappa shape index (κ3) is 3.58. The molecule has 0 aliphatic carbocycles. The number of nitrogens with zero attached hydrogens (tertiary/aromatic N) is 1. The summed E-state index contributed by atoms with van der Waals surface area (Å²) in [6.07, 6.45) is 0.242. The van der Waals surface area contributed by atoms with Gasteiger partial charge in [-0.1, -0.05) is 12.1 Å². The van der Waals surface area contributed by atoms with Crippen LogP contribution in [0.4, 0.5) is 0 Å². The van der Waals surface area contributed by atoms with Crippen molar-refractivity contribution in [3.63, 3.8) is 0 Å². The number of methoxy groups -OCH3 is 2. The first-order chi connectivity index (χ1) is 8.22. The molecule has 4 heteroatoms. The van der Waals surface area contributed by atoms with Gasteiger partial charge in [-0.05, 0) is 17.7 Å². The van der Waals surface area contributed by atoms with Crippen molar-refractivity contribution in [1.29, 1.82) is 5.26 Å². The molecule has 0 radical (unpaired) electrons. The molecule has 0 fully saturated rings. The summed E-state index contributed by atoms with van der Waals surface area (Å²) in [5.41, 5.74) is 0.660. The average molecular weight is 233 g/mol. The van der Waals surface area contributed by atoms with E-state index < -0.39 is 5.92 Å². The zero-order valence-corrected chi connectivity index (χ0v) is 9.97. The van der Waals surface area contributed by atoms with Crippen LogP contribution >= 0.6 is 0 Å². The van der Waals surface area contributed by atoms with Crippen LogP contribution in [-0.4, -0.2) is 26.6 Å². The van der Waals surface area contributed by atoms with Gasteiger partial charge in [0.05, 0.1) is 19.8 Å². The number of ether oxygens (including phenoxy) is 2. The highest BCUT2D eigenvalue weighted by Gasteiger charge is 2.19. The SMILES string of the molecule is COCCC(=O)C(C#N)c1cccc(OC)c1.